The van der Waals surface area contributed by atoms with Crippen molar-refractivity contribution in [2.75, 3.05) is 13.6 Å². The quantitative estimate of drug-likeness (QED) is 0.820. The summed E-state index contributed by atoms with van der Waals surface area (Å²) in [5.41, 5.74) is 0. The van der Waals surface area contributed by atoms with Crippen LogP contribution in [0, 0.1) is 11.8 Å². The van der Waals surface area contributed by atoms with Crippen LogP contribution in [0.15, 0.2) is 12.4 Å². The molecule has 1 aliphatic rings. The fourth-order valence-corrected chi connectivity index (χ4v) is 3.15. The fraction of sp³-hybridized carbons (Fsp3) is 0.786. The molecule has 1 N–H and O–H groups in total. The van der Waals surface area contributed by atoms with E-state index in [1.807, 2.05) is 12.4 Å². The van der Waals surface area contributed by atoms with Crippen molar-refractivity contribution in [1.29, 1.82) is 0 Å². The number of nitrogens with one attached hydrogen (secondary N) is 1. The number of hydrogen-bond donors (Lipinski definition) is 1. The average Bonchev–Trinajstić information content (AvgIpc) is 2.96. The van der Waals surface area contributed by atoms with Crippen molar-refractivity contribution in [3.63, 3.8) is 0 Å². The zero-order valence-electron chi connectivity index (χ0n) is 11.2. The first-order chi connectivity index (χ1) is 8.31. The van der Waals surface area contributed by atoms with E-state index in [1.54, 1.807) is 0 Å². The Labute approximate surface area is 105 Å². The molecule has 1 aromatic heterocycles. The van der Waals surface area contributed by atoms with Gasteiger partial charge in [0.25, 0.3) is 0 Å². The topological polar surface area (TPSA) is 29.9 Å². The van der Waals surface area contributed by atoms with Crippen LogP contribution in [0.5, 0.6) is 0 Å². The van der Waals surface area contributed by atoms with Gasteiger partial charge in [0.1, 0.15) is 5.82 Å². The van der Waals surface area contributed by atoms with Gasteiger partial charge >= 0.3 is 0 Å². The predicted molar refractivity (Wildman–Crippen MR) is 70.9 cm³/mol. The lowest BCUT2D eigenvalue weighted by atomic mass is 9.87. The second kappa shape index (κ2) is 6.20. The molecule has 0 radical (unpaired) electrons. The minimum atomic E-state index is 0.833. The van der Waals surface area contributed by atoms with Crippen LogP contribution in [-0.4, -0.2) is 23.1 Å². The Morgan fingerprint density at radius 1 is 1.47 bits per heavy atom. The molecule has 3 nitrogen and oxygen atoms in total. The molecule has 0 amide bonds. The largest absolute Gasteiger partial charge is 0.338 e. The molecule has 17 heavy (non-hydrogen) atoms. The molecule has 1 aromatic rings. The maximum Gasteiger partial charge on any atom is 0.108 e. The summed E-state index contributed by atoms with van der Waals surface area (Å²) in [5.74, 6) is 3.01. The van der Waals surface area contributed by atoms with Crippen LogP contribution in [0.25, 0.3) is 0 Å². The highest BCUT2D eigenvalue weighted by atomic mass is 15.0. The Bertz CT molecular complexity index is 326. The number of hydrogen-bond acceptors (Lipinski definition) is 2. The Balaban J connectivity index is 1.86. The molecule has 1 fully saturated rings. The molecule has 0 aliphatic heterocycles. The third kappa shape index (κ3) is 3.32. The van der Waals surface area contributed by atoms with Crippen molar-refractivity contribution >= 4 is 0 Å². The third-order valence-corrected chi connectivity index (χ3v) is 4.19. The number of imidazole rings is 1. The molecule has 3 heteroatoms. The van der Waals surface area contributed by atoms with Gasteiger partial charge in [0.15, 0.2) is 0 Å². The molecule has 1 heterocycles. The Morgan fingerprint density at radius 3 is 2.82 bits per heavy atom. The summed E-state index contributed by atoms with van der Waals surface area (Å²) >= 11 is 0. The van der Waals surface area contributed by atoms with Gasteiger partial charge in [0, 0.05) is 25.9 Å². The monoisotopic (exact) mass is 235 g/mol. The summed E-state index contributed by atoms with van der Waals surface area (Å²) < 4.78 is 2.14. The Morgan fingerprint density at radius 2 is 2.24 bits per heavy atom. The maximum absolute atomic E-state index is 4.42. The van der Waals surface area contributed by atoms with Crippen LogP contribution in [0.2, 0.25) is 0 Å². The number of aromatic nitrogens is 2. The highest BCUT2D eigenvalue weighted by molar-refractivity contribution is 4.92. The number of aryl methyl sites for hydroxylation is 2. The van der Waals surface area contributed by atoms with Crippen LogP contribution in [0.4, 0.5) is 0 Å². The minimum Gasteiger partial charge on any atom is -0.338 e. The molecule has 0 aromatic carbocycles. The van der Waals surface area contributed by atoms with E-state index in [2.05, 4.69) is 29.0 Å². The SMILES string of the molecule is CNCC(CCc1nccn1C)C1CCCC1. The van der Waals surface area contributed by atoms with E-state index in [-0.39, 0.29) is 0 Å². The van der Waals surface area contributed by atoms with Gasteiger partial charge in [-0.2, -0.15) is 0 Å². The van der Waals surface area contributed by atoms with Crippen LogP contribution < -0.4 is 5.32 Å². The van der Waals surface area contributed by atoms with E-state index in [0.717, 1.165) is 24.8 Å². The van der Waals surface area contributed by atoms with Gasteiger partial charge in [-0.25, -0.2) is 4.98 Å². The van der Waals surface area contributed by atoms with Gasteiger partial charge in [-0.05, 0) is 31.8 Å². The summed E-state index contributed by atoms with van der Waals surface area (Å²) in [6.07, 6.45) is 12.1. The van der Waals surface area contributed by atoms with Gasteiger partial charge in [0.2, 0.25) is 0 Å². The molecule has 0 spiro atoms. The molecule has 2 rings (SSSR count). The van der Waals surface area contributed by atoms with Crippen LogP contribution >= 0.6 is 0 Å². The van der Waals surface area contributed by atoms with Crippen LogP contribution in [0.1, 0.15) is 37.9 Å². The molecule has 0 bridgehead atoms. The maximum atomic E-state index is 4.42. The van der Waals surface area contributed by atoms with Crippen LogP contribution in [-0.2, 0) is 13.5 Å². The first-order valence-electron chi connectivity index (χ1n) is 6.92. The van der Waals surface area contributed by atoms with E-state index < -0.39 is 0 Å². The molecular formula is C14H25N3. The number of rotatable bonds is 6. The zero-order valence-corrected chi connectivity index (χ0v) is 11.2. The second-order valence-corrected chi connectivity index (χ2v) is 5.36. The van der Waals surface area contributed by atoms with Crippen molar-refractivity contribution in [3.8, 4) is 0 Å². The summed E-state index contributed by atoms with van der Waals surface area (Å²) in [5, 5.41) is 3.36. The van der Waals surface area contributed by atoms with Crippen molar-refractivity contribution in [3.05, 3.63) is 18.2 Å². The summed E-state index contributed by atoms with van der Waals surface area (Å²) in [7, 11) is 4.16. The highest BCUT2D eigenvalue weighted by Crippen LogP contribution is 2.33. The first kappa shape index (κ1) is 12.6. The molecule has 1 unspecified atom stereocenters. The van der Waals surface area contributed by atoms with E-state index >= 15 is 0 Å². The molecule has 1 aliphatic carbocycles. The number of nitrogens with zero attached hydrogens (tertiary/aromatic N) is 2. The Hall–Kier alpha value is -0.830. The van der Waals surface area contributed by atoms with Gasteiger partial charge in [-0.1, -0.05) is 25.7 Å². The average molecular weight is 235 g/mol. The van der Waals surface area contributed by atoms with Gasteiger partial charge in [0.05, 0.1) is 0 Å². The molecule has 96 valence electrons. The van der Waals surface area contributed by atoms with Crippen molar-refractivity contribution in [2.24, 2.45) is 18.9 Å². The first-order valence-corrected chi connectivity index (χ1v) is 6.92. The summed E-state index contributed by atoms with van der Waals surface area (Å²) in [4.78, 5) is 4.42. The van der Waals surface area contributed by atoms with Crippen molar-refractivity contribution < 1.29 is 0 Å². The lowest BCUT2D eigenvalue weighted by Gasteiger charge is -2.23. The lowest BCUT2D eigenvalue weighted by molar-refractivity contribution is 0.309. The van der Waals surface area contributed by atoms with Crippen molar-refractivity contribution in [1.82, 2.24) is 14.9 Å². The van der Waals surface area contributed by atoms with E-state index in [0.29, 0.717) is 0 Å². The van der Waals surface area contributed by atoms with Gasteiger partial charge in [-0.3, -0.25) is 0 Å². The van der Waals surface area contributed by atoms with Crippen LogP contribution in [0.3, 0.4) is 0 Å². The van der Waals surface area contributed by atoms with Crippen molar-refractivity contribution in [2.45, 2.75) is 38.5 Å². The molecule has 0 saturated heterocycles. The van der Waals surface area contributed by atoms with E-state index in [1.165, 1.54) is 37.9 Å². The summed E-state index contributed by atoms with van der Waals surface area (Å²) in [6, 6.07) is 0. The Kier molecular flexibility index (Phi) is 4.60. The minimum absolute atomic E-state index is 0.833. The third-order valence-electron chi connectivity index (χ3n) is 4.19. The van der Waals surface area contributed by atoms with Gasteiger partial charge in [-0.15, -0.1) is 0 Å². The summed E-state index contributed by atoms with van der Waals surface area (Å²) in [6.45, 7) is 1.16. The van der Waals surface area contributed by atoms with Gasteiger partial charge < -0.3 is 9.88 Å². The highest BCUT2D eigenvalue weighted by Gasteiger charge is 2.24. The normalized spacial score (nSPS) is 18.7. The lowest BCUT2D eigenvalue weighted by Crippen LogP contribution is -2.25. The second-order valence-electron chi connectivity index (χ2n) is 5.36. The fourth-order valence-electron chi connectivity index (χ4n) is 3.15. The molecule has 1 atom stereocenters. The smallest absolute Gasteiger partial charge is 0.108 e. The predicted octanol–water partition coefficient (Wildman–Crippen LogP) is 2.38. The molecule has 1 saturated carbocycles. The zero-order chi connectivity index (χ0) is 12.1. The van der Waals surface area contributed by atoms with E-state index in [9.17, 15) is 0 Å². The molecular weight excluding hydrogens is 210 g/mol. The standard InChI is InChI=1S/C14H25N3/c1-15-11-13(12-5-3-4-6-12)7-8-14-16-9-10-17(14)2/h9-10,12-13,15H,3-8,11H2,1-2H3. The van der Waals surface area contributed by atoms with E-state index in [4.69, 9.17) is 0 Å².